The molecule has 0 amide bonds. The van der Waals surface area contributed by atoms with Crippen molar-refractivity contribution in [3.63, 3.8) is 0 Å². The number of carbonyl (C=O) groups excluding carboxylic acids is 1. The largest absolute Gasteiger partial charge is 0.300 e. The van der Waals surface area contributed by atoms with Gasteiger partial charge in [-0.05, 0) is 42.5 Å². The van der Waals surface area contributed by atoms with E-state index in [1.165, 1.54) is 24.0 Å². The van der Waals surface area contributed by atoms with Crippen LogP contribution in [0.5, 0.6) is 0 Å². The van der Waals surface area contributed by atoms with Crippen LogP contribution in [0.15, 0.2) is 30.4 Å². The predicted octanol–water partition coefficient (Wildman–Crippen LogP) is 5.83. The standard InChI is InChI=1S/C20H28O/c1-4-6-8-10-12-19-14-18(11-9-7-5-2)15-20(16-19)13-17(3)21/h9-12,14-16H,4-8,13H2,1-3H3/b11-9+,12-10+. The van der Waals surface area contributed by atoms with Crippen LogP contribution in [-0.2, 0) is 11.2 Å². The first-order valence-corrected chi connectivity index (χ1v) is 8.12. The Kier molecular flexibility index (Phi) is 8.42. The van der Waals surface area contributed by atoms with Gasteiger partial charge < -0.3 is 0 Å². The maximum Gasteiger partial charge on any atom is 0.134 e. The highest BCUT2D eigenvalue weighted by Crippen LogP contribution is 2.15. The molecular weight excluding hydrogens is 256 g/mol. The average Bonchev–Trinajstić information content (AvgIpc) is 2.43. The van der Waals surface area contributed by atoms with Crippen molar-refractivity contribution in [3.8, 4) is 0 Å². The number of allylic oxidation sites excluding steroid dienone is 2. The number of ketones is 1. The van der Waals surface area contributed by atoms with Gasteiger partial charge in [-0.3, -0.25) is 4.79 Å². The number of Topliss-reactive ketones (excluding diaryl/α,β-unsaturated/α-hetero) is 1. The van der Waals surface area contributed by atoms with Gasteiger partial charge in [0.1, 0.15) is 5.78 Å². The first-order valence-electron chi connectivity index (χ1n) is 8.12. The molecular formula is C20H28O. The van der Waals surface area contributed by atoms with E-state index in [9.17, 15) is 4.79 Å². The molecule has 1 aromatic rings. The highest BCUT2D eigenvalue weighted by atomic mass is 16.1. The van der Waals surface area contributed by atoms with Crippen LogP contribution in [0.4, 0.5) is 0 Å². The molecule has 0 radical (unpaired) electrons. The molecule has 1 nitrogen and oxygen atoms in total. The molecule has 0 unspecified atom stereocenters. The van der Waals surface area contributed by atoms with Gasteiger partial charge >= 0.3 is 0 Å². The Balaban J connectivity index is 2.91. The summed E-state index contributed by atoms with van der Waals surface area (Å²) in [6.45, 7) is 6.03. The van der Waals surface area contributed by atoms with Crippen molar-refractivity contribution in [2.24, 2.45) is 0 Å². The molecule has 114 valence electrons. The third-order valence-corrected chi connectivity index (χ3v) is 3.29. The van der Waals surface area contributed by atoms with E-state index in [-0.39, 0.29) is 5.78 Å². The minimum Gasteiger partial charge on any atom is -0.300 e. The molecule has 0 heterocycles. The predicted molar refractivity (Wildman–Crippen MR) is 93.3 cm³/mol. The fourth-order valence-electron chi connectivity index (χ4n) is 2.26. The molecule has 0 aromatic heterocycles. The fraction of sp³-hybridized carbons (Fsp3) is 0.450. The van der Waals surface area contributed by atoms with Gasteiger partial charge in [0.05, 0.1) is 0 Å². The van der Waals surface area contributed by atoms with Gasteiger partial charge in [0.25, 0.3) is 0 Å². The zero-order chi connectivity index (χ0) is 15.5. The normalized spacial score (nSPS) is 11.6. The summed E-state index contributed by atoms with van der Waals surface area (Å²) in [5.74, 6) is 0.214. The molecule has 0 bridgehead atoms. The molecule has 0 N–H and O–H groups in total. The maximum absolute atomic E-state index is 11.4. The zero-order valence-electron chi connectivity index (χ0n) is 13.7. The molecule has 1 aromatic carbocycles. The van der Waals surface area contributed by atoms with Gasteiger partial charge in [-0.1, -0.05) is 69.5 Å². The van der Waals surface area contributed by atoms with Crippen LogP contribution in [0.2, 0.25) is 0 Å². The van der Waals surface area contributed by atoms with Crippen LogP contribution in [0, 0.1) is 0 Å². The lowest BCUT2D eigenvalue weighted by atomic mass is 10.0. The van der Waals surface area contributed by atoms with Crippen LogP contribution in [0.3, 0.4) is 0 Å². The van der Waals surface area contributed by atoms with Crippen molar-refractivity contribution >= 4 is 17.9 Å². The molecule has 0 saturated heterocycles. The molecule has 0 atom stereocenters. The number of unbranched alkanes of at least 4 members (excludes halogenated alkanes) is 3. The second kappa shape index (κ2) is 10.1. The third-order valence-electron chi connectivity index (χ3n) is 3.29. The Morgan fingerprint density at radius 1 is 0.952 bits per heavy atom. The lowest BCUT2D eigenvalue weighted by molar-refractivity contribution is -0.116. The van der Waals surface area contributed by atoms with Gasteiger partial charge in [-0.25, -0.2) is 0 Å². The fourth-order valence-corrected chi connectivity index (χ4v) is 2.26. The van der Waals surface area contributed by atoms with E-state index in [1.54, 1.807) is 6.92 Å². The van der Waals surface area contributed by atoms with Crippen LogP contribution >= 0.6 is 0 Å². The van der Waals surface area contributed by atoms with Crippen molar-refractivity contribution < 1.29 is 4.79 Å². The molecule has 0 aliphatic carbocycles. The van der Waals surface area contributed by atoms with E-state index in [0.717, 1.165) is 24.8 Å². The Bertz CT molecular complexity index is 495. The Hall–Kier alpha value is -1.63. The number of carbonyl (C=O) groups is 1. The summed E-state index contributed by atoms with van der Waals surface area (Å²) in [7, 11) is 0. The van der Waals surface area contributed by atoms with E-state index in [2.05, 4.69) is 56.4 Å². The highest BCUT2D eigenvalue weighted by molar-refractivity contribution is 5.78. The summed E-state index contributed by atoms with van der Waals surface area (Å²) >= 11 is 0. The zero-order valence-corrected chi connectivity index (χ0v) is 13.7. The van der Waals surface area contributed by atoms with E-state index in [0.29, 0.717) is 6.42 Å². The minimum atomic E-state index is 0.214. The smallest absolute Gasteiger partial charge is 0.134 e. The number of hydrogen-bond acceptors (Lipinski definition) is 1. The minimum absolute atomic E-state index is 0.214. The van der Waals surface area contributed by atoms with Crippen LogP contribution < -0.4 is 0 Å². The second-order valence-electron chi connectivity index (χ2n) is 5.62. The lowest BCUT2D eigenvalue weighted by Crippen LogP contribution is -1.97. The highest BCUT2D eigenvalue weighted by Gasteiger charge is 2.01. The van der Waals surface area contributed by atoms with Crippen LogP contribution in [0.25, 0.3) is 12.2 Å². The maximum atomic E-state index is 11.4. The number of rotatable bonds is 9. The van der Waals surface area contributed by atoms with E-state index in [1.807, 2.05) is 0 Å². The van der Waals surface area contributed by atoms with Crippen molar-refractivity contribution in [2.75, 3.05) is 0 Å². The van der Waals surface area contributed by atoms with Gasteiger partial charge in [0.15, 0.2) is 0 Å². The first kappa shape index (κ1) is 17.4. The monoisotopic (exact) mass is 284 g/mol. The summed E-state index contributed by atoms with van der Waals surface area (Å²) in [5, 5.41) is 0. The van der Waals surface area contributed by atoms with Crippen molar-refractivity contribution in [2.45, 2.75) is 59.3 Å². The molecule has 0 aliphatic heterocycles. The molecule has 0 spiro atoms. The molecule has 1 heteroatoms. The summed E-state index contributed by atoms with van der Waals surface area (Å²) in [4.78, 5) is 11.4. The van der Waals surface area contributed by atoms with Crippen LogP contribution in [0.1, 0.15) is 69.6 Å². The van der Waals surface area contributed by atoms with Crippen LogP contribution in [-0.4, -0.2) is 5.78 Å². The third kappa shape index (κ3) is 7.65. The van der Waals surface area contributed by atoms with Gasteiger partial charge in [0.2, 0.25) is 0 Å². The number of hydrogen-bond donors (Lipinski definition) is 0. The summed E-state index contributed by atoms with van der Waals surface area (Å²) in [6.07, 6.45) is 15.1. The Labute approximate surface area is 129 Å². The molecule has 0 saturated carbocycles. The van der Waals surface area contributed by atoms with Gasteiger partial charge in [0, 0.05) is 6.42 Å². The quantitative estimate of drug-likeness (QED) is 0.521. The topological polar surface area (TPSA) is 17.1 Å². The van der Waals surface area contributed by atoms with E-state index >= 15 is 0 Å². The average molecular weight is 284 g/mol. The van der Waals surface area contributed by atoms with Crippen molar-refractivity contribution in [1.29, 1.82) is 0 Å². The number of benzene rings is 1. The Morgan fingerprint density at radius 2 is 1.57 bits per heavy atom. The van der Waals surface area contributed by atoms with Crippen molar-refractivity contribution in [1.82, 2.24) is 0 Å². The lowest BCUT2D eigenvalue weighted by Gasteiger charge is -2.04. The molecule has 21 heavy (non-hydrogen) atoms. The van der Waals surface area contributed by atoms with Crippen molar-refractivity contribution in [3.05, 3.63) is 47.0 Å². The Morgan fingerprint density at radius 3 is 2.10 bits per heavy atom. The van der Waals surface area contributed by atoms with E-state index in [4.69, 9.17) is 0 Å². The molecule has 1 rings (SSSR count). The van der Waals surface area contributed by atoms with Gasteiger partial charge in [-0.15, -0.1) is 0 Å². The summed E-state index contributed by atoms with van der Waals surface area (Å²) in [5.41, 5.74) is 3.50. The van der Waals surface area contributed by atoms with E-state index < -0.39 is 0 Å². The van der Waals surface area contributed by atoms with Gasteiger partial charge in [-0.2, -0.15) is 0 Å². The molecule has 0 fully saturated rings. The SMILES string of the molecule is CCC/C=C/c1cc(/C=C/CCCC)cc(CC(C)=O)c1. The second-order valence-corrected chi connectivity index (χ2v) is 5.62. The summed E-state index contributed by atoms with van der Waals surface area (Å²) in [6, 6.07) is 6.44. The summed E-state index contributed by atoms with van der Waals surface area (Å²) < 4.78 is 0. The molecule has 0 aliphatic rings. The first-order chi connectivity index (χ1) is 10.2.